The maximum absolute atomic E-state index is 12.6. The second-order valence-corrected chi connectivity index (χ2v) is 6.66. The smallest absolute Gasteiger partial charge is 0.263 e. The highest BCUT2D eigenvalue weighted by Gasteiger charge is 2.43. The van der Waals surface area contributed by atoms with Crippen LogP contribution in [0.2, 0.25) is 0 Å². The Morgan fingerprint density at radius 1 is 1.25 bits per heavy atom. The summed E-state index contributed by atoms with van der Waals surface area (Å²) >= 11 is 0. The summed E-state index contributed by atoms with van der Waals surface area (Å²) in [4.78, 5) is 26.5. The van der Waals surface area contributed by atoms with Crippen LogP contribution in [0.4, 0.5) is 5.69 Å². The highest BCUT2D eigenvalue weighted by Crippen LogP contribution is 2.40. The number of nitrogens with zero attached hydrogens (tertiary/aromatic N) is 1. The number of fused-ring (bicyclic) bond motifs is 1. The average Bonchev–Trinajstić information content (AvgIpc) is 2.62. The summed E-state index contributed by atoms with van der Waals surface area (Å²) in [7, 11) is 0. The molecular formula is C16H20N2O2. The zero-order chi connectivity index (χ0) is 14.5. The number of rotatable bonds is 1. The van der Waals surface area contributed by atoms with Crippen LogP contribution in [0.25, 0.3) is 0 Å². The van der Waals surface area contributed by atoms with Gasteiger partial charge in [-0.15, -0.1) is 0 Å². The molecule has 1 atom stereocenters. The van der Waals surface area contributed by atoms with Gasteiger partial charge in [0.05, 0.1) is 11.1 Å². The molecule has 0 radical (unpaired) electrons. The molecule has 0 bridgehead atoms. The monoisotopic (exact) mass is 272 g/mol. The van der Waals surface area contributed by atoms with E-state index in [0.29, 0.717) is 16.8 Å². The van der Waals surface area contributed by atoms with Crippen molar-refractivity contribution in [2.75, 3.05) is 5.73 Å². The van der Waals surface area contributed by atoms with E-state index in [-0.39, 0.29) is 23.3 Å². The number of hydrogen-bond donors (Lipinski definition) is 1. The van der Waals surface area contributed by atoms with Crippen LogP contribution in [-0.4, -0.2) is 22.8 Å². The van der Waals surface area contributed by atoms with Crippen molar-refractivity contribution in [2.45, 2.75) is 45.6 Å². The third kappa shape index (κ3) is 1.90. The number of benzene rings is 1. The van der Waals surface area contributed by atoms with Gasteiger partial charge in [0.2, 0.25) is 0 Å². The second kappa shape index (κ2) is 4.33. The molecule has 0 aromatic heterocycles. The summed E-state index contributed by atoms with van der Waals surface area (Å²) in [5, 5.41) is 0. The van der Waals surface area contributed by atoms with Gasteiger partial charge in [-0.2, -0.15) is 0 Å². The molecule has 4 heteroatoms. The van der Waals surface area contributed by atoms with Crippen LogP contribution in [0.1, 0.15) is 60.2 Å². The van der Waals surface area contributed by atoms with E-state index >= 15 is 0 Å². The maximum atomic E-state index is 12.6. The van der Waals surface area contributed by atoms with Gasteiger partial charge in [-0.05, 0) is 36.8 Å². The Labute approximate surface area is 118 Å². The zero-order valence-corrected chi connectivity index (χ0v) is 12.0. The maximum Gasteiger partial charge on any atom is 0.263 e. The number of hydrogen-bond acceptors (Lipinski definition) is 3. The molecule has 2 amide bonds. The number of carbonyl (C=O) groups is 2. The Kier molecular flexibility index (Phi) is 2.85. The Bertz CT molecular complexity index is 592. The zero-order valence-electron chi connectivity index (χ0n) is 12.0. The molecule has 2 aliphatic rings. The molecule has 3 rings (SSSR count). The van der Waals surface area contributed by atoms with E-state index in [9.17, 15) is 9.59 Å². The molecule has 1 fully saturated rings. The van der Waals surface area contributed by atoms with Crippen LogP contribution in [0.15, 0.2) is 18.2 Å². The van der Waals surface area contributed by atoms with E-state index in [2.05, 4.69) is 13.8 Å². The molecule has 1 aliphatic carbocycles. The highest BCUT2D eigenvalue weighted by molar-refractivity contribution is 6.23. The molecule has 0 saturated heterocycles. The van der Waals surface area contributed by atoms with Crippen LogP contribution in [0, 0.1) is 5.41 Å². The van der Waals surface area contributed by atoms with Crippen molar-refractivity contribution in [2.24, 2.45) is 5.41 Å². The third-order valence-electron chi connectivity index (χ3n) is 4.52. The molecule has 1 aliphatic heterocycles. The SMILES string of the molecule is CC1(C)CCCC(N2C(=O)c3cccc(N)c3C2=O)C1. The van der Waals surface area contributed by atoms with E-state index in [4.69, 9.17) is 5.73 Å². The van der Waals surface area contributed by atoms with E-state index in [1.54, 1.807) is 18.2 Å². The fourth-order valence-corrected chi connectivity index (χ4v) is 3.54. The largest absolute Gasteiger partial charge is 0.398 e. The summed E-state index contributed by atoms with van der Waals surface area (Å²) in [6, 6.07) is 5.11. The number of carbonyl (C=O) groups excluding carboxylic acids is 2. The van der Waals surface area contributed by atoms with Crippen molar-refractivity contribution < 1.29 is 9.59 Å². The fourth-order valence-electron chi connectivity index (χ4n) is 3.54. The topological polar surface area (TPSA) is 63.4 Å². The van der Waals surface area contributed by atoms with Crippen LogP contribution < -0.4 is 5.73 Å². The molecule has 1 heterocycles. The van der Waals surface area contributed by atoms with Gasteiger partial charge in [-0.25, -0.2) is 0 Å². The molecule has 1 aromatic rings. The van der Waals surface area contributed by atoms with Crippen molar-refractivity contribution >= 4 is 17.5 Å². The second-order valence-electron chi connectivity index (χ2n) is 6.66. The number of imide groups is 1. The minimum atomic E-state index is -0.217. The summed E-state index contributed by atoms with van der Waals surface area (Å²) in [6.07, 6.45) is 3.97. The lowest BCUT2D eigenvalue weighted by molar-refractivity contribution is 0.0473. The van der Waals surface area contributed by atoms with Crippen molar-refractivity contribution in [3.63, 3.8) is 0 Å². The Morgan fingerprint density at radius 2 is 2.00 bits per heavy atom. The normalized spacial score (nSPS) is 24.9. The number of anilines is 1. The molecule has 20 heavy (non-hydrogen) atoms. The van der Waals surface area contributed by atoms with Crippen LogP contribution in [-0.2, 0) is 0 Å². The highest BCUT2D eigenvalue weighted by atomic mass is 16.2. The van der Waals surface area contributed by atoms with Gasteiger partial charge in [0.25, 0.3) is 11.8 Å². The third-order valence-corrected chi connectivity index (χ3v) is 4.52. The van der Waals surface area contributed by atoms with E-state index < -0.39 is 0 Å². The summed E-state index contributed by atoms with van der Waals surface area (Å²) in [6.45, 7) is 4.40. The molecule has 106 valence electrons. The van der Waals surface area contributed by atoms with Crippen molar-refractivity contribution in [3.8, 4) is 0 Å². The molecular weight excluding hydrogens is 252 g/mol. The van der Waals surface area contributed by atoms with Gasteiger partial charge in [-0.3, -0.25) is 14.5 Å². The Hall–Kier alpha value is -1.84. The first-order chi connectivity index (χ1) is 9.41. The first-order valence-corrected chi connectivity index (χ1v) is 7.17. The van der Waals surface area contributed by atoms with Gasteiger partial charge < -0.3 is 5.73 Å². The van der Waals surface area contributed by atoms with Crippen molar-refractivity contribution in [1.82, 2.24) is 4.90 Å². The first kappa shape index (κ1) is 13.2. The lowest BCUT2D eigenvalue weighted by Gasteiger charge is -2.38. The standard InChI is InChI=1S/C16H20N2O2/c1-16(2)8-4-5-10(9-16)18-14(19)11-6-3-7-12(17)13(11)15(18)20/h3,6-7,10H,4-5,8-9,17H2,1-2H3. The summed E-state index contributed by atoms with van der Waals surface area (Å²) in [5.41, 5.74) is 7.30. The first-order valence-electron chi connectivity index (χ1n) is 7.17. The molecule has 0 spiro atoms. The number of nitrogens with two attached hydrogens (primary N) is 1. The van der Waals surface area contributed by atoms with Crippen molar-refractivity contribution in [3.05, 3.63) is 29.3 Å². The predicted octanol–water partition coefficient (Wildman–Crippen LogP) is 2.83. The summed E-state index contributed by atoms with van der Waals surface area (Å²) in [5.74, 6) is -0.397. The van der Waals surface area contributed by atoms with Crippen LogP contribution >= 0.6 is 0 Å². The lowest BCUT2D eigenvalue weighted by Crippen LogP contribution is -2.44. The minimum absolute atomic E-state index is 0.00514. The average molecular weight is 272 g/mol. The van der Waals surface area contributed by atoms with Crippen molar-refractivity contribution in [1.29, 1.82) is 0 Å². The summed E-state index contributed by atoms with van der Waals surface area (Å²) < 4.78 is 0. The number of amides is 2. The molecule has 2 N–H and O–H groups in total. The van der Waals surface area contributed by atoms with Gasteiger partial charge in [0, 0.05) is 11.7 Å². The minimum Gasteiger partial charge on any atom is -0.398 e. The predicted molar refractivity (Wildman–Crippen MR) is 77.4 cm³/mol. The van der Waals surface area contributed by atoms with Gasteiger partial charge >= 0.3 is 0 Å². The quantitative estimate of drug-likeness (QED) is 0.631. The van der Waals surface area contributed by atoms with Gasteiger partial charge in [0.1, 0.15) is 0 Å². The van der Waals surface area contributed by atoms with E-state index in [0.717, 1.165) is 25.7 Å². The van der Waals surface area contributed by atoms with Crippen LogP contribution in [0.5, 0.6) is 0 Å². The molecule has 1 aromatic carbocycles. The van der Waals surface area contributed by atoms with Crippen LogP contribution in [0.3, 0.4) is 0 Å². The molecule has 4 nitrogen and oxygen atoms in total. The van der Waals surface area contributed by atoms with Gasteiger partial charge in [-0.1, -0.05) is 26.3 Å². The molecule has 1 saturated carbocycles. The van der Waals surface area contributed by atoms with E-state index in [1.165, 1.54) is 4.90 Å². The Balaban J connectivity index is 1.96. The Morgan fingerprint density at radius 3 is 2.65 bits per heavy atom. The van der Waals surface area contributed by atoms with E-state index in [1.807, 2.05) is 0 Å². The van der Waals surface area contributed by atoms with Gasteiger partial charge in [0.15, 0.2) is 0 Å². The lowest BCUT2D eigenvalue weighted by atomic mass is 9.74. The number of nitrogen functional groups attached to an aromatic ring is 1. The fraction of sp³-hybridized carbons (Fsp3) is 0.500. The molecule has 1 unspecified atom stereocenters.